The highest BCUT2D eigenvalue weighted by atomic mass is 16.1. The second-order valence-corrected chi connectivity index (χ2v) is 5.61. The maximum absolute atomic E-state index is 12.3. The summed E-state index contributed by atoms with van der Waals surface area (Å²) in [6, 6.07) is 3.67. The summed E-state index contributed by atoms with van der Waals surface area (Å²) in [6.07, 6.45) is 5.22. The molecule has 0 bridgehead atoms. The third-order valence-corrected chi connectivity index (χ3v) is 2.81. The van der Waals surface area contributed by atoms with E-state index in [0.717, 1.165) is 13.0 Å². The van der Waals surface area contributed by atoms with E-state index in [1.165, 1.54) is 12.8 Å². The van der Waals surface area contributed by atoms with Crippen LogP contribution in [0.15, 0.2) is 18.3 Å². The molecule has 0 aromatic carbocycles. The molecule has 0 radical (unpaired) electrons. The molecule has 0 amide bonds. The Balaban J connectivity index is 2.77. The van der Waals surface area contributed by atoms with Crippen LogP contribution in [0.2, 0.25) is 0 Å². The van der Waals surface area contributed by atoms with E-state index in [1.807, 2.05) is 32.9 Å². The molecule has 0 atom stereocenters. The first-order valence-electron chi connectivity index (χ1n) is 6.70. The lowest BCUT2D eigenvalue weighted by Crippen LogP contribution is -2.22. The molecule has 0 aliphatic carbocycles. The van der Waals surface area contributed by atoms with Crippen LogP contribution in [-0.2, 0) is 0 Å². The Bertz CT molecular complexity index is 394. The standard InChI is InChI=1S/C15H24N2O/c1-5-6-7-10-16-14-12(9-8-11-17-14)13(18)15(2,3)4/h8-9,11H,5-7,10H2,1-4H3,(H,16,17). The van der Waals surface area contributed by atoms with Gasteiger partial charge in [0.2, 0.25) is 0 Å². The fraction of sp³-hybridized carbons (Fsp3) is 0.600. The first-order chi connectivity index (χ1) is 8.46. The fourth-order valence-electron chi connectivity index (χ4n) is 1.72. The second kappa shape index (κ2) is 6.53. The van der Waals surface area contributed by atoms with Crippen LogP contribution in [0.25, 0.3) is 0 Å². The number of aromatic nitrogens is 1. The molecule has 0 spiro atoms. The van der Waals surface area contributed by atoms with E-state index in [4.69, 9.17) is 0 Å². The van der Waals surface area contributed by atoms with Gasteiger partial charge < -0.3 is 5.32 Å². The van der Waals surface area contributed by atoms with E-state index >= 15 is 0 Å². The summed E-state index contributed by atoms with van der Waals surface area (Å²) in [6.45, 7) is 8.85. The zero-order valence-electron chi connectivity index (χ0n) is 11.9. The number of anilines is 1. The highest BCUT2D eigenvalue weighted by molar-refractivity contribution is 6.03. The van der Waals surface area contributed by atoms with Gasteiger partial charge in [-0.25, -0.2) is 4.98 Å². The lowest BCUT2D eigenvalue weighted by molar-refractivity contribution is 0.0859. The number of nitrogens with zero attached hydrogens (tertiary/aromatic N) is 1. The topological polar surface area (TPSA) is 42.0 Å². The maximum atomic E-state index is 12.3. The van der Waals surface area contributed by atoms with Gasteiger partial charge in [-0.15, -0.1) is 0 Å². The molecule has 3 nitrogen and oxygen atoms in total. The predicted octanol–water partition coefficient (Wildman–Crippen LogP) is 3.91. The van der Waals surface area contributed by atoms with Gasteiger partial charge in [-0.3, -0.25) is 4.79 Å². The Hall–Kier alpha value is -1.38. The van der Waals surface area contributed by atoms with Crippen LogP contribution < -0.4 is 5.32 Å². The number of hydrogen-bond donors (Lipinski definition) is 1. The molecule has 3 heteroatoms. The molecule has 18 heavy (non-hydrogen) atoms. The van der Waals surface area contributed by atoms with Gasteiger partial charge in [0.1, 0.15) is 5.82 Å². The van der Waals surface area contributed by atoms with Crippen molar-refractivity contribution in [3.05, 3.63) is 23.9 Å². The molecule has 0 aliphatic heterocycles. The van der Waals surface area contributed by atoms with Crippen LogP contribution in [0, 0.1) is 5.41 Å². The van der Waals surface area contributed by atoms with Crippen molar-refractivity contribution >= 4 is 11.6 Å². The van der Waals surface area contributed by atoms with Gasteiger partial charge in [0, 0.05) is 18.2 Å². The van der Waals surface area contributed by atoms with Crippen molar-refractivity contribution in [1.29, 1.82) is 0 Å². The molecule has 100 valence electrons. The number of unbranched alkanes of at least 4 members (excludes halogenated alkanes) is 2. The van der Waals surface area contributed by atoms with E-state index in [1.54, 1.807) is 6.20 Å². The van der Waals surface area contributed by atoms with Crippen molar-refractivity contribution in [2.24, 2.45) is 5.41 Å². The molecular weight excluding hydrogens is 224 g/mol. The van der Waals surface area contributed by atoms with Crippen LogP contribution >= 0.6 is 0 Å². The van der Waals surface area contributed by atoms with Crippen LogP contribution in [0.1, 0.15) is 57.3 Å². The highest BCUT2D eigenvalue weighted by Gasteiger charge is 2.25. The molecule has 0 aliphatic rings. The smallest absolute Gasteiger partial charge is 0.171 e. The zero-order chi connectivity index (χ0) is 13.6. The van der Waals surface area contributed by atoms with Crippen molar-refractivity contribution in [3.8, 4) is 0 Å². The van der Waals surface area contributed by atoms with Crippen LogP contribution in [0.4, 0.5) is 5.82 Å². The van der Waals surface area contributed by atoms with Gasteiger partial charge in [0.25, 0.3) is 0 Å². The summed E-state index contributed by atoms with van der Waals surface area (Å²) < 4.78 is 0. The Labute approximate surface area is 110 Å². The second-order valence-electron chi connectivity index (χ2n) is 5.61. The lowest BCUT2D eigenvalue weighted by atomic mass is 9.87. The molecule has 0 saturated carbocycles. The molecule has 0 fully saturated rings. The van der Waals surface area contributed by atoms with Crippen molar-refractivity contribution in [2.75, 3.05) is 11.9 Å². The van der Waals surface area contributed by atoms with E-state index < -0.39 is 0 Å². The molecular formula is C15H24N2O. The maximum Gasteiger partial charge on any atom is 0.171 e. The minimum absolute atomic E-state index is 0.133. The molecule has 1 aromatic heterocycles. The summed E-state index contributed by atoms with van der Waals surface area (Å²) >= 11 is 0. The number of rotatable bonds is 6. The first kappa shape index (κ1) is 14.7. The Morgan fingerprint density at radius 1 is 1.33 bits per heavy atom. The van der Waals surface area contributed by atoms with E-state index in [0.29, 0.717) is 11.4 Å². The Kier molecular flexibility index (Phi) is 5.32. The van der Waals surface area contributed by atoms with Crippen molar-refractivity contribution in [2.45, 2.75) is 47.0 Å². The van der Waals surface area contributed by atoms with Crippen molar-refractivity contribution in [1.82, 2.24) is 4.98 Å². The van der Waals surface area contributed by atoms with Crippen molar-refractivity contribution in [3.63, 3.8) is 0 Å². The Morgan fingerprint density at radius 2 is 2.06 bits per heavy atom. The Morgan fingerprint density at radius 3 is 2.67 bits per heavy atom. The highest BCUT2D eigenvalue weighted by Crippen LogP contribution is 2.24. The van der Waals surface area contributed by atoms with E-state index in [9.17, 15) is 4.79 Å². The molecule has 1 rings (SSSR count). The number of pyridine rings is 1. The quantitative estimate of drug-likeness (QED) is 0.613. The average Bonchev–Trinajstić information content (AvgIpc) is 2.33. The average molecular weight is 248 g/mol. The lowest BCUT2D eigenvalue weighted by Gasteiger charge is -2.18. The van der Waals surface area contributed by atoms with E-state index in [-0.39, 0.29) is 11.2 Å². The summed E-state index contributed by atoms with van der Waals surface area (Å²) in [7, 11) is 0. The minimum Gasteiger partial charge on any atom is -0.369 e. The number of carbonyl (C=O) groups is 1. The van der Waals surface area contributed by atoms with Gasteiger partial charge >= 0.3 is 0 Å². The van der Waals surface area contributed by atoms with Gasteiger partial charge in [-0.2, -0.15) is 0 Å². The third kappa shape index (κ3) is 4.13. The van der Waals surface area contributed by atoms with Crippen LogP contribution in [0.3, 0.4) is 0 Å². The number of ketones is 1. The predicted molar refractivity (Wildman–Crippen MR) is 76.0 cm³/mol. The third-order valence-electron chi connectivity index (χ3n) is 2.81. The van der Waals surface area contributed by atoms with Gasteiger partial charge in [-0.1, -0.05) is 40.5 Å². The molecule has 1 heterocycles. The summed E-state index contributed by atoms with van der Waals surface area (Å²) in [5, 5.41) is 3.27. The van der Waals surface area contributed by atoms with Gasteiger partial charge in [0.15, 0.2) is 5.78 Å². The van der Waals surface area contributed by atoms with Crippen molar-refractivity contribution < 1.29 is 4.79 Å². The van der Waals surface area contributed by atoms with Gasteiger partial charge in [-0.05, 0) is 18.6 Å². The minimum atomic E-state index is -0.372. The monoisotopic (exact) mass is 248 g/mol. The number of nitrogens with one attached hydrogen (secondary N) is 1. The number of carbonyl (C=O) groups excluding carboxylic acids is 1. The summed E-state index contributed by atoms with van der Waals surface area (Å²) in [5.74, 6) is 0.849. The largest absolute Gasteiger partial charge is 0.369 e. The van der Waals surface area contributed by atoms with Gasteiger partial charge in [0.05, 0.1) is 5.56 Å². The normalized spacial score (nSPS) is 11.3. The molecule has 1 aromatic rings. The van der Waals surface area contributed by atoms with E-state index in [2.05, 4.69) is 17.2 Å². The summed E-state index contributed by atoms with van der Waals surface area (Å²) in [4.78, 5) is 16.6. The fourth-order valence-corrected chi connectivity index (χ4v) is 1.72. The zero-order valence-corrected chi connectivity index (χ0v) is 11.9. The molecule has 0 saturated heterocycles. The first-order valence-corrected chi connectivity index (χ1v) is 6.70. The SMILES string of the molecule is CCCCCNc1ncccc1C(=O)C(C)(C)C. The number of hydrogen-bond acceptors (Lipinski definition) is 3. The molecule has 0 unspecified atom stereocenters. The summed E-state index contributed by atoms with van der Waals surface area (Å²) in [5.41, 5.74) is 0.324. The van der Waals surface area contributed by atoms with Crippen LogP contribution in [0.5, 0.6) is 0 Å². The molecule has 1 N–H and O–H groups in total. The number of Topliss-reactive ketones (excluding diaryl/α,β-unsaturated/α-hetero) is 1. The van der Waals surface area contributed by atoms with Crippen LogP contribution in [-0.4, -0.2) is 17.3 Å².